The van der Waals surface area contributed by atoms with E-state index in [0.29, 0.717) is 23.4 Å². The number of carbonyl (C=O) groups is 1. The third-order valence-electron chi connectivity index (χ3n) is 7.12. The highest BCUT2D eigenvalue weighted by Gasteiger charge is 2.42. The quantitative estimate of drug-likeness (QED) is 0.416. The van der Waals surface area contributed by atoms with Crippen molar-refractivity contribution in [3.63, 3.8) is 0 Å². The standard InChI is InChI=1S/C26H32N6O2S/c1-6-31-19(13-16-8-7-11-28-22(16)31)23-29-18-12-17(14-20(34-5)21(18)30(23)4)24(33)32-15-25(2,27)9-10-26(32,3)35/h7-8,11-14,35H,6,9-10,15,27H2,1-5H3/t25-,26+/m0/s1. The van der Waals surface area contributed by atoms with Gasteiger partial charge in [-0.3, -0.25) is 4.79 Å². The molecule has 1 fully saturated rings. The number of carbonyl (C=O) groups excluding carboxylic acids is 1. The van der Waals surface area contributed by atoms with E-state index >= 15 is 0 Å². The molecule has 8 nitrogen and oxygen atoms in total. The van der Waals surface area contributed by atoms with Crippen molar-refractivity contribution in [2.24, 2.45) is 12.8 Å². The molecule has 1 aromatic carbocycles. The van der Waals surface area contributed by atoms with Crippen molar-refractivity contribution in [3.05, 3.63) is 42.1 Å². The number of aryl methyl sites for hydroxylation is 2. The van der Waals surface area contributed by atoms with E-state index in [0.717, 1.165) is 47.5 Å². The second-order valence-corrected chi connectivity index (χ2v) is 11.0. The molecule has 9 heteroatoms. The number of nitrogens with two attached hydrogens (primary N) is 1. The molecule has 2 N–H and O–H groups in total. The summed E-state index contributed by atoms with van der Waals surface area (Å²) in [5.74, 6) is 1.25. The van der Waals surface area contributed by atoms with E-state index in [2.05, 4.69) is 28.6 Å². The normalized spacial score (nSPS) is 22.8. The average molecular weight is 493 g/mol. The van der Waals surface area contributed by atoms with Gasteiger partial charge in [0.15, 0.2) is 5.82 Å². The first kappa shape index (κ1) is 23.7. The van der Waals surface area contributed by atoms with Crippen molar-refractivity contribution in [2.45, 2.75) is 50.6 Å². The number of pyridine rings is 1. The van der Waals surface area contributed by atoms with E-state index in [-0.39, 0.29) is 5.91 Å². The summed E-state index contributed by atoms with van der Waals surface area (Å²) in [6, 6.07) is 9.72. The van der Waals surface area contributed by atoms with E-state index in [4.69, 9.17) is 28.1 Å². The fourth-order valence-electron chi connectivity index (χ4n) is 5.13. The average Bonchev–Trinajstić information content (AvgIpc) is 3.37. The Morgan fingerprint density at radius 1 is 1.26 bits per heavy atom. The zero-order valence-electron chi connectivity index (χ0n) is 20.9. The number of thiol groups is 1. The monoisotopic (exact) mass is 492 g/mol. The predicted octanol–water partition coefficient (Wildman–Crippen LogP) is 4.22. The van der Waals surface area contributed by atoms with E-state index in [1.54, 1.807) is 24.3 Å². The Labute approximate surface area is 210 Å². The molecule has 0 radical (unpaired) electrons. The Hall–Kier alpha value is -3.04. The minimum atomic E-state index is -0.581. The highest BCUT2D eigenvalue weighted by atomic mass is 32.1. The highest BCUT2D eigenvalue weighted by Crippen LogP contribution is 2.38. The van der Waals surface area contributed by atoms with E-state index in [1.807, 2.05) is 37.6 Å². The van der Waals surface area contributed by atoms with Crippen molar-refractivity contribution in [1.82, 2.24) is 24.0 Å². The van der Waals surface area contributed by atoms with Gasteiger partial charge in [0.2, 0.25) is 0 Å². The molecule has 5 rings (SSSR count). The van der Waals surface area contributed by atoms with Crippen molar-refractivity contribution < 1.29 is 9.53 Å². The first-order valence-electron chi connectivity index (χ1n) is 11.9. The van der Waals surface area contributed by atoms with Crippen LogP contribution in [0.4, 0.5) is 0 Å². The fourth-order valence-corrected chi connectivity index (χ4v) is 5.40. The molecule has 4 heterocycles. The molecule has 1 amide bonds. The molecule has 0 unspecified atom stereocenters. The Morgan fingerprint density at radius 2 is 2.03 bits per heavy atom. The summed E-state index contributed by atoms with van der Waals surface area (Å²) >= 11 is 4.81. The fraction of sp³-hybridized carbons (Fsp3) is 0.423. The number of rotatable bonds is 4. The van der Waals surface area contributed by atoms with E-state index in [9.17, 15) is 4.79 Å². The van der Waals surface area contributed by atoms with Gasteiger partial charge in [-0.2, -0.15) is 12.6 Å². The van der Waals surface area contributed by atoms with Gasteiger partial charge in [-0.05, 0) is 63.9 Å². The van der Waals surface area contributed by atoms with Crippen LogP contribution in [-0.2, 0) is 13.6 Å². The Kier molecular flexibility index (Phi) is 5.60. The molecule has 184 valence electrons. The number of hydrogen-bond donors (Lipinski definition) is 2. The maximum Gasteiger partial charge on any atom is 0.255 e. The first-order valence-corrected chi connectivity index (χ1v) is 12.3. The van der Waals surface area contributed by atoms with Crippen LogP contribution in [0.1, 0.15) is 44.0 Å². The molecule has 0 bridgehead atoms. The Balaban J connectivity index is 1.65. The van der Waals surface area contributed by atoms with Crippen LogP contribution in [0.5, 0.6) is 5.75 Å². The van der Waals surface area contributed by atoms with Crippen LogP contribution >= 0.6 is 12.6 Å². The van der Waals surface area contributed by atoms with Crippen LogP contribution < -0.4 is 10.5 Å². The summed E-state index contributed by atoms with van der Waals surface area (Å²) in [4.78, 5) is 24.4. The lowest BCUT2D eigenvalue weighted by molar-refractivity contribution is 0.0474. The van der Waals surface area contributed by atoms with Gasteiger partial charge >= 0.3 is 0 Å². The minimum Gasteiger partial charge on any atom is -0.494 e. The second kappa shape index (κ2) is 8.27. The topological polar surface area (TPSA) is 91.2 Å². The molecule has 35 heavy (non-hydrogen) atoms. The van der Waals surface area contributed by atoms with Gasteiger partial charge in [0.25, 0.3) is 5.91 Å². The lowest BCUT2D eigenvalue weighted by Crippen LogP contribution is -2.60. The van der Waals surface area contributed by atoms with Crippen LogP contribution in [-0.4, -0.2) is 54.0 Å². The summed E-state index contributed by atoms with van der Waals surface area (Å²) in [7, 11) is 3.58. The van der Waals surface area contributed by atoms with Crippen LogP contribution in [0.15, 0.2) is 36.5 Å². The number of piperidine rings is 1. The second-order valence-electron chi connectivity index (χ2n) is 9.99. The number of imidazole rings is 1. The number of benzene rings is 1. The largest absolute Gasteiger partial charge is 0.494 e. The smallest absolute Gasteiger partial charge is 0.255 e. The number of likely N-dealkylation sites (tertiary alicyclic amines) is 1. The number of methoxy groups -OCH3 is 1. The molecular formula is C26H32N6O2S. The summed E-state index contributed by atoms with van der Waals surface area (Å²) in [5.41, 5.74) is 9.89. The number of ether oxygens (including phenoxy) is 1. The van der Waals surface area contributed by atoms with Crippen molar-refractivity contribution >= 4 is 40.6 Å². The molecule has 0 spiro atoms. The molecule has 0 saturated carbocycles. The number of aromatic nitrogens is 4. The van der Waals surface area contributed by atoms with Crippen LogP contribution in [0.25, 0.3) is 33.6 Å². The van der Waals surface area contributed by atoms with Gasteiger partial charge in [0.05, 0.1) is 23.2 Å². The Morgan fingerprint density at radius 3 is 2.74 bits per heavy atom. The third kappa shape index (κ3) is 3.87. The molecule has 1 saturated heterocycles. The first-order chi connectivity index (χ1) is 16.6. The highest BCUT2D eigenvalue weighted by molar-refractivity contribution is 7.81. The van der Waals surface area contributed by atoms with Crippen LogP contribution in [0.3, 0.4) is 0 Å². The molecule has 0 aliphatic carbocycles. The van der Waals surface area contributed by atoms with E-state index in [1.165, 1.54) is 0 Å². The van der Waals surface area contributed by atoms with Crippen molar-refractivity contribution in [1.29, 1.82) is 0 Å². The minimum absolute atomic E-state index is 0.127. The third-order valence-corrected chi connectivity index (χ3v) is 7.58. The van der Waals surface area contributed by atoms with Crippen LogP contribution in [0, 0.1) is 0 Å². The zero-order valence-corrected chi connectivity index (χ0v) is 21.8. The maximum atomic E-state index is 13.7. The number of fused-ring (bicyclic) bond motifs is 2. The van der Waals surface area contributed by atoms with Crippen molar-refractivity contribution in [3.8, 4) is 17.3 Å². The van der Waals surface area contributed by atoms with Gasteiger partial charge in [-0.1, -0.05) is 0 Å². The summed E-state index contributed by atoms with van der Waals surface area (Å²) in [5, 5.41) is 1.06. The van der Waals surface area contributed by atoms with Crippen LogP contribution in [0.2, 0.25) is 0 Å². The predicted molar refractivity (Wildman–Crippen MR) is 142 cm³/mol. The summed E-state index contributed by atoms with van der Waals surface area (Å²) < 4.78 is 9.92. The van der Waals surface area contributed by atoms with Gasteiger partial charge < -0.3 is 24.5 Å². The lowest BCUT2D eigenvalue weighted by atomic mass is 9.87. The lowest BCUT2D eigenvalue weighted by Gasteiger charge is -2.48. The summed E-state index contributed by atoms with van der Waals surface area (Å²) in [6.07, 6.45) is 3.33. The van der Waals surface area contributed by atoms with Gasteiger partial charge in [-0.15, -0.1) is 0 Å². The molecule has 1 aliphatic rings. The maximum absolute atomic E-state index is 13.7. The molecular weight excluding hydrogens is 460 g/mol. The number of nitrogens with zero attached hydrogens (tertiary/aromatic N) is 5. The molecule has 4 aromatic rings. The zero-order chi connectivity index (χ0) is 25.1. The number of amides is 1. The van der Waals surface area contributed by atoms with Gasteiger partial charge in [-0.25, -0.2) is 9.97 Å². The molecule has 1 aliphatic heterocycles. The van der Waals surface area contributed by atoms with Gasteiger partial charge in [0.1, 0.15) is 16.9 Å². The molecule has 3 aromatic heterocycles. The molecule has 2 atom stereocenters. The Bertz CT molecular complexity index is 1450. The van der Waals surface area contributed by atoms with Crippen molar-refractivity contribution in [2.75, 3.05) is 13.7 Å². The number of hydrogen-bond acceptors (Lipinski definition) is 6. The van der Waals surface area contributed by atoms with E-state index < -0.39 is 10.4 Å². The summed E-state index contributed by atoms with van der Waals surface area (Å²) in [6.45, 7) is 7.23. The SMILES string of the molecule is CCn1c(-c2nc3cc(C(=O)N4C[C@@](C)(N)CC[C@@]4(C)S)cc(OC)c3n2C)cc2cccnc21. The van der Waals surface area contributed by atoms with Gasteiger partial charge in [0, 0.05) is 42.8 Å².